The van der Waals surface area contributed by atoms with Gasteiger partial charge in [0, 0.05) is 26.2 Å². The number of halogens is 1. The molecule has 4 rings (SSSR count). The third kappa shape index (κ3) is 2.58. The Kier molecular flexibility index (Phi) is 3.79. The SMILES string of the molecule is Cc1ccc([C@@H]2Nc3ccccc3C(=O)N2c2ccc(Cl)cc2)s1. The van der Waals surface area contributed by atoms with Crippen molar-refractivity contribution in [1.29, 1.82) is 0 Å². The number of hydrogen-bond donors (Lipinski definition) is 1. The number of carbonyl (C=O) groups excluding carboxylic acids is 1. The van der Waals surface area contributed by atoms with Crippen LogP contribution in [0, 0.1) is 6.92 Å². The number of para-hydroxylation sites is 1. The first-order valence-corrected chi connectivity index (χ1v) is 8.84. The van der Waals surface area contributed by atoms with E-state index in [4.69, 9.17) is 11.6 Å². The number of nitrogens with zero attached hydrogens (tertiary/aromatic N) is 1. The van der Waals surface area contributed by atoms with Crippen molar-refractivity contribution in [3.8, 4) is 0 Å². The lowest BCUT2D eigenvalue weighted by molar-refractivity contribution is 0.0975. The van der Waals surface area contributed by atoms with Crippen LogP contribution in [0.3, 0.4) is 0 Å². The Morgan fingerprint density at radius 2 is 1.79 bits per heavy atom. The topological polar surface area (TPSA) is 32.3 Å². The van der Waals surface area contributed by atoms with Crippen molar-refractivity contribution in [2.75, 3.05) is 10.2 Å². The Hall–Kier alpha value is -2.30. The number of anilines is 2. The molecule has 1 aliphatic heterocycles. The average Bonchev–Trinajstić information content (AvgIpc) is 3.02. The molecule has 1 amide bonds. The highest BCUT2D eigenvalue weighted by atomic mass is 35.5. The minimum absolute atomic E-state index is 0.0114. The summed E-state index contributed by atoms with van der Waals surface area (Å²) in [6, 6.07) is 19.1. The minimum atomic E-state index is -0.229. The molecule has 5 heteroatoms. The zero-order chi connectivity index (χ0) is 16.7. The Morgan fingerprint density at radius 3 is 2.50 bits per heavy atom. The zero-order valence-corrected chi connectivity index (χ0v) is 14.6. The maximum Gasteiger partial charge on any atom is 0.262 e. The van der Waals surface area contributed by atoms with Gasteiger partial charge in [0.15, 0.2) is 0 Å². The van der Waals surface area contributed by atoms with Crippen LogP contribution in [0.5, 0.6) is 0 Å². The second kappa shape index (κ2) is 5.96. The fourth-order valence-corrected chi connectivity index (χ4v) is 3.97. The maximum absolute atomic E-state index is 13.2. The summed E-state index contributed by atoms with van der Waals surface area (Å²) < 4.78 is 0. The van der Waals surface area contributed by atoms with Gasteiger partial charge >= 0.3 is 0 Å². The number of hydrogen-bond acceptors (Lipinski definition) is 3. The van der Waals surface area contributed by atoms with Gasteiger partial charge in [-0.25, -0.2) is 0 Å². The fourth-order valence-electron chi connectivity index (χ4n) is 2.92. The molecular formula is C19H15ClN2OS. The normalized spacial score (nSPS) is 16.7. The highest BCUT2D eigenvalue weighted by Crippen LogP contribution is 2.38. The van der Waals surface area contributed by atoms with Crippen LogP contribution < -0.4 is 10.2 Å². The van der Waals surface area contributed by atoms with E-state index >= 15 is 0 Å². The summed E-state index contributed by atoms with van der Waals surface area (Å²) in [6.45, 7) is 2.07. The molecule has 120 valence electrons. The molecule has 1 N–H and O–H groups in total. The van der Waals surface area contributed by atoms with Crippen molar-refractivity contribution in [3.05, 3.63) is 81.0 Å². The third-order valence-electron chi connectivity index (χ3n) is 4.06. The smallest absolute Gasteiger partial charge is 0.262 e. The lowest BCUT2D eigenvalue weighted by Crippen LogP contribution is -2.42. The molecule has 0 saturated carbocycles. The van der Waals surface area contributed by atoms with Crippen molar-refractivity contribution in [2.45, 2.75) is 13.1 Å². The van der Waals surface area contributed by atoms with E-state index in [1.165, 1.54) is 4.88 Å². The molecule has 2 aromatic carbocycles. The van der Waals surface area contributed by atoms with E-state index in [0.717, 1.165) is 16.3 Å². The first kappa shape index (κ1) is 15.2. The number of thiophene rings is 1. The molecule has 1 atom stereocenters. The van der Waals surface area contributed by atoms with E-state index in [1.807, 2.05) is 36.4 Å². The van der Waals surface area contributed by atoms with Gasteiger partial charge in [-0.1, -0.05) is 23.7 Å². The molecule has 0 bridgehead atoms. The van der Waals surface area contributed by atoms with Gasteiger partial charge in [0.25, 0.3) is 5.91 Å². The van der Waals surface area contributed by atoms with Crippen molar-refractivity contribution in [3.63, 3.8) is 0 Å². The van der Waals surface area contributed by atoms with Crippen molar-refractivity contribution >= 4 is 40.2 Å². The summed E-state index contributed by atoms with van der Waals surface area (Å²) in [5.41, 5.74) is 2.36. The Labute approximate surface area is 149 Å². The second-order valence-corrected chi connectivity index (χ2v) is 7.45. The zero-order valence-electron chi connectivity index (χ0n) is 13.0. The fraction of sp³-hybridized carbons (Fsp3) is 0.105. The lowest BCUT2D eigenvalue weighted by atomic mass is 10.1. The average molecular weight is 355 g/mol. The van der Waals surface area contributed by atoms with Gasteiger partial charge in [-0.3, -0.25) is 9.69 Å². The highest BCUT2D eigenvalue weighted by molar-refractivity contribution is 7.12. The summed E-state index contributed by atoms with van der Waals surface area (Å²) in [7, 11) is 0. The molecule has 0 fully saturated rings. The van der Waals surface area contributed by atoms with Gasteiger partial charge < -0.3 is 5.32 Å². The quantitative estimate of drug-likeness (QED) is 0.660. The van der Waals surface area contributed by atoms with Gasteiger partial charge in [-0.2, -0.15) is 0 Å². The number of rotatable bonds is 2. The third-order valence-corrected chi connectivity index (χ3v) is 5.37. The van der Waals surface area contributed by atoms with Crippen LogP contribution in [-0.4, -0.2) is 5.91 Å². The molecular weight excluding hydrogens is 340 g/mol. The minimum Gasteiger partial charge on any atom is -0.360 e. The number of fused-ring (bicyclic) bond motifs is 1. The van der Waals surface area contributed by atoms with Crippen molar-refractivity contribution < 1.29 is 4.79 Å². The first-order valence-electron chi connectivity index (χ1n) is 7.64. The highest BCUT2D eigenvalue weighted by Gasteiger charge is 2.34. The van der Waals surface area contributed by atoms with Crippen LogP contribution in [0.15, 0.2) is 60.7 Å². The lowest BCUT2D eigenvalue weighted by Gasteiger charge is -2.37. The van der Waals surface area contributed by atoms with Crippen molar-refractivity contribution in [2.24, 2.45) is 0 Å². The van der Waals surface area contributed by atoms with E-state index in [-0.39, 0.29) is 12.1 Å². The van der Waals surface area contributed by atoms with Crippen LogP contribution in [-0.2, 0) is 0 Å². The van der Waals surface area contributed by atoms with Crippen LogP contribution in [0.4, 0.5) is 11.4 Å². The Morgan fingerprint density at radius 1 is 1.04 bits per heavy atom. The summed E-state index contributed by atoms with van der Waals surface area (Å²) in [4.78, 5) is 17.3. The molecule has 3 aromatic rings. The Bertz CT molecular complexity index is 904. The van der Waals surface area contributed by atoms with E-state index in [2.05, 4.69) is 24.4 Å². The number of carbonyl (C=O) groups is 1. The van der Waals surface area contributed by atoms with Crippen LogP contribution in [0.25, 0.3) is 0 Å². The van der Waals surface area contributed by atoms with E-state index in [9.17, 15) is 4.79 Å². The molecule has 24 heavy (non-hydrogen) atoms. The molecule has 1 aliphatic rings. The van der Waals surface area contributed by atoms with Crippen LogP contribution >= 0.6 is 22.9 Å². The Balaban J connectivity index is 1.85. The van der Waals surface area contributed by atoms with Crippen molar-refractivity contribution in [1.82, 2.24) is 0 Å². The molecule has 0 spiro atoms. The van der Waals surface area contributed by atoms with Gasteiger partial charge in [0.05, 0.1) is 5.56 Å². The number of aryl methyl sites for hydroxylation is 1. The predicted molar refractivity (Wildman–Crippen MR) is 100 cm³/mol. The number of benzene rings is 2. The van der Waals surface area contributed by atoms with Crippen LogP contribution in [0.2, 0.25) is 5.02 Å². The van der Waals surface area contributed by atoms with Gasteiger partial charge in [-0.15, -0.1) is 11.3 Å². The molecule has 0 saturated heterocycles. The van der Waals surface area contributed by atoms with Gasteiger partial charge in [0.2, 0.25) is 0 Å². The predicted octanol–water partition coefficient (Wildman–Crippen LogP) is 5.48. The summed E-state index contributed by atoms with van der Waals surface area (Å²) >= 11 is 7.70. The number of amides is 1. The van der Waals surface area contributed by atoms with Gasteiger partial charge in [0.1, 0.15) is 6.17 Å². The molecule has 0 radical (unpaired) electrons. The standard InChI is InChI=1S/C19H15ClN2OS/c1-12-6-11-17(24-12)18-21-16-5-3-2-4-15(16)19(23)22(18)14-9-7-13(20)8-10-14/h2-11,18,21H,1H3/t18-/m1/s1. The number of nitrogens with one attached hydrogen (secondary N) is 1. The summed E-state index contributed by atoms with van der Waals surface area (Å²) in [5, 5.41) is 4.16. The van der Waals surface area contributed by atoms with E-state index in [0.29, 0.717) is 10.6 Å². The summed E-state index contributed by atoms with van der Waals surface area (Å²) in [6.07, 6.45) is -0.229. The monoisotopic (exact) mass is 354 g/mol. The maximum atomic E-state index is 13.2. The molecule has 0 aliphatic carbocycles. The largest absolute Gasteiger partial charge is 0.360 e. The van der Waals surface area contributed by atoms with Gasteiger partial charge in [-0.05, 0) is 55.5 Å². The first-order chi connectivity index (χ1) is 11.6. The van der Waals surface area contributed by atoms with Crippen LogP contribution in [0.1, 0.15) is 26.3 Å². The molecule has 1 aromatic heterocycles. The second-order valence-electron chi connectivity index (χ2n) is 5.69. The van der Waals surface area contributed by atoms with E-state index < -0.39 is 0 Å². The molecule has 2 heterocycles. The molecule has 3 nitrogen and oxygen atoms in total. The summed E-state index contributed by atoms with van der Waals surface area (Å²) in [5.74, 6) is -0.0114. The molecule has 0 unspecified atom stereocenters. The van der Waals surface area contributed by atoms with E-state index in [1.54, 1.807) is 28.4 Å².